The summed E-state index contributed by atoms with van der Waals surface area (Å²) in [5.74, 6) is 0.0356. The monoisotopic (exact) mass is 492 g/mol. The van der Waals surface area contributed by atoms with E-state index < -0.39 is 6.10 Å². The maximum atomic E-state index is 13.2. The van der Waals surface area contributed by atoms with Crippen molar-refractivity contribution < 1.29 is 15.0 Å². The van der Waals surface area contributed by atoms with E-state index in [0.29, 0.717) is 25.7 Å². The topological polar surface area (TPSA) is 70.5 Å². The van der Waals surface area contributed by atoms with Crippen LogP contribution in [0.25, 0.3) is 0 Å². The van der Waals surface area contributed by atoms with Crippen LogP contribution in [0.2, 0.25) is 0 Å². The van der Waals surface area contributed by atoms with Crippen molar-refractivity contribution in [2.24, 2.45) is 0 Å². The fourth-order valence-electron chi connectivity index (χ4n) is 6.00. The first-order chi connectivity index (χ1) is 17.5. The molecule has 2 unspecified atom stereocenters. The lowest BCUT2D eigenvalue weighted by molar-refractivity contribution is 0.0493. The Balaban J connectivity index is 1.15. The fraction of sp³-hybridized carbons (Fsp3) is 0.552. The molecule has 1 fully saturated rings. The largest absolute Gasteiger partial charge is 0.396 e. The van der Waals surface area contributed by atoms with Gasteiger partial charge in [0, 0.05) is 82.8 Å². The quantitative estimate of drug-likeness (QED) is 0.588. The summed E-state index contributed by atoms with van der Waals surface area (Å²) in [6, 6.07) is 15.2. The van der Waals surface area contributed by atoms with E-state index in [-0.39, 0.29) is 12.5 Å². The maximum Gasteiger partial charge on any atom is 0.254 e. The molecule has 0 aliphatic carbocycles. The van der Waals surface area contributed by atoms with Crippen LogP contribution in [0.1, 0.15) is 40.4 Å². The molecule has 3 aliphatic heterocycles. The molecule has 2 atom stereocenters. The Morgan fingerprint density at radius 3 is 2.42 bits per heavy atom. The molecule has 2 aromatic carbocycles. The molecule has 0 bridgehead atoms. The highest BCUT2D eigenvalue weighted by molar-refractivity contribution is 5.97. The van der Waals surface area contributed by atoms with Gasteiger partial charge in [0.1, 0.15) is 0 Å². The molecule has 3 aliphatic rings. The van der Waals surface area contributed by atoms with Crippen molar-refractivity contribution in [1.29, 1.82) is 0 Å². The second kappa shape index (κ2) is 11.3. The number of piperazine rings is 1. The Kier molecular flexibility index (Phi) is 7.91. The molecule has 2 N–H and O–H groups in total. The molecule has 7 heteroatoms. The standard InChI is InChI=1S/C29H40N4O3/c1-22(10-17-34)31-13-15-32(16-14-31)26-6-7-28-24(18-26)9-12-33(29(28)36)21-27(35)20-30-11-8-23-4-2-3-5-25(23)19-30/h2-7,18,22,27,34-35H,8-17,19-21H2,1H3. The van der Waals surface area contributed by atoms with Crippen LogP contribution < -0.4 is 4.90 Å². The summed E-state index contributed by atoms with van der Waals surface area (Å²) < 4.78 is 0. The summed E-state index contributed by atoms with van der Waals surface area (Å²) in [6.45, 7) is 9.76. The van der Waals surface area contributed by atoms with Gasteiger partial charge in [0.25, 0.3) is 5.91 Å². The number of nitrogens with zero attached hydrogens (tertiary/aromatic N) is 4. The van der Waals surface area contributed by atoms with Gasteiger partial charge < -0.3 is 20.0 Å². The van der Waals surface area contributed by atoms with Crippen LogP contribution in [0.3, 0.4) is 0 Å². The molecule has 0 aromatic heterocycles. The molecule has 194 valence electrons. The van der Waals surface area contributed by atoms with Gasteiger partial charge in [-0.1, -0.05) is 24.3 Å². The average molecular weight is 493 g/mol. The van der Waals surface area contributed by atoms with Crippen molar-refractivity contribution in [3.8, 4) is 0 Å². The van der Waals surface area contributed by atoms with Crippen molar-refractivity contribution in [2.75, 3.05) is 63.9 Å². The summed E-state index contributed by atoms with van der Waals surface area (Å²) in [6.07, 6.45) is 2.10. The lowest BCUT2D eigenvalue weighted by atomic mass is 9.97. The van der Waals surface area contributed by atoms with E-state index in [4.69, 9.17) is 0 Å². The minimum Gasteiger partial charge on any atom is -0.396 e. The van der Waals surface area contributed by atoms with Gasteiger partial charge >= 0.3 is 0 Å². The first-order valence-corrected chi connectivity index (χ1v) is 13.5. The van der Waals surface area contributed by atoms with Gasteiger partial charge in [-0.2, -0.15) is 0 Å². The van der Waals surface area contributed by atoms with E-state index in [9.17, 15) is 15.0 Å². The van der Waals surface area contributed by atoms with Crippen molar-refractivity contribution in [2.45, 2.75) is 44.9 Å². The fourth-order valence-corrected chi connectivity index (χ4v) is 6.00. The van der Waals surface area contributed by atoms with Crippen LogP contribution >= 0.6 is 0 Å². The van der Waals surface area contributed by atoms with Crippen molar-refractivity contribution in [3.05, 3.63) is 64.7 Å². The lowest BCUT2D eigenvalue weighted by Crippen LogP contribution is -2.50. The Hall–Kier alpha value is -2.45. The minimum absolute atomic E-state index is 0.0356. The Morgan fingerprint density at radius 2 is 1.64 bits per heavy atom. The molecule has 2 aromatic rings. The second-order valence-corrected chi connectivity index (χ2v) is 10.6. The Morgan fingerprint density at radius 1 is 0.889 bits per heavy atom. The third-order valence-corrected chi connectivity index (χ3v) is 8.22. The zero-order valence-electron chi connectivity index (χ0n) is 21.5. The van der Waals surface area contributed by atoms with E-state index >= 15 is 0 Å². The minimum atomic E-state index is -0.551. The number of β-amino-alcohol motifs (C(OH)–C–C–N with tert-alkyl or cyclic N) is 1. The van der Waals surface area contributed by atoms with E-state index in [2.05, 4.69) is 58.0 Å². The van der Waals surface area contributed by atoms with Crippen LogP contribution in [0.5, 0.6) is 0 Å². The summed E-state index contributed by atoms with van der Waals surface area (Å²) in [5.41, 5.74) is 5.83. The van der Waals surface area contributed by atoms with E-state index in [0.717, 1.165) is 69.7 Å². The van der Waals surface area contributed by atoms with E-state index in [1.54, 1.807) is 0 Å². The number of hydrogen-bond donors (Lipinski definition) is 2. The lowest BCUT2D eigenvalue weighted by Gasteiger charge is -2.39. The van der Waals surface area contributed by atoms with Gasteiger partial charge in [0.2, 0.25) is 0 Å². The van der Waals surface area contributed by atoms with Crippen LogP contribution in [-0.4, -0.2) is 102 Å². The number of benzene rings is 2. The Bertz CT molecular complexity index is 1050. The average Bonchev–Trinajstić information content (AvgIpc) is 2.90. The second-order valence-electron chi connectivity index (χ2n) is 10.6. The first-order valence-electron chi connectivity index (χ1n) is 13.5. The van der Waals surface area contributed by atoms with Crippen LogP contribution in [-0.2, 0) is 19.4 Å². The van der Waals surface area contributed by atoms with Crippen molar-refractivity contribution in [1.82, 2.24) is 14.7 Å². The zero-order chi connectivity index (χ0) is 25.1. The van der Waals surface area contributed by atoms with Crippen LogP contribution in [0.4, 0.5) is 5.69 Å². The molecule has 1 amide bonds. The SMILES string of the molecule is CC(CCO)N1CCN(c2ccc3c(c2)CCN(CC(O)CN2CCc4ccccc4C2)C3=O)CC1. The number of amides is 1. The molecule has 5 rings (SSSR count). The molecule has 7 nitrogen and oxygen atoms in total. The molecular formula is C29H40N4O3. The maximum absolute atomic E-state index is 13.2. The zero-order valence-corrected chi connectivity index (χ0v) is 21.5. The highest BCUT2D eigenvalue weighted by Gasteiger charge is 2.28. The van der Waals surface area contributed by atoms with Gasteiger partial charge in [-0.05, 0) is 61.1 Å². The highest BCUT2D eigenvalue weighted by atomic mass is 16.3. The number of fused-ring (bicyclic) bond motifs is 2. The predicted molar refractivity (Wildman–Crippen MR) is 142 cm³/mol. The molecular weight excluding hydrogens is 452 g/mol. The van der Waals surface area contributed by atoms with E-state index in [1.807, 2.05) is 11.0 Å². The summed E-state index contributed by atoms with van der Waals surface area (Å²) in [7, 11) is 0. The number of aliphatic hydroxyl groups is 2. The van der Waals surface area contributed by atoms with Gasteiger partial charge in [-0.25, -0.2) is 0 Å². The number of rotatable bonds is 8. The highest BCUT2D eigenvalue weighted by Crippen LogP contribution is 2.26. The van der Waals surface area contributed by atoms with Crippen LogP contribution in [0, 0.1) is 0 Å². The van der Waals surface area contributed by atoms with Gasteiger partial charge in [-0.3, -0.25) is 14.6 Å². The van der Waals surface area contributed by atoms with Crippen LogP contribution in [0.15, 0.2) is 42.5 Å². The number of carbonyl (C=O) groups is 1. The number of hydrogen-bond acceptors (Lipinski definition) is 6. The molecule has 0 saturated carbocycles. The predicted octanol–water partition coefficient (Wildman–Crippen LogP) is 2.00. The third-order valence-electron chi connectivity index (χ3n) is 8.22. The molecule has 0 spiro atoms. The van der Waals surface area contributed by atoms with Gasteiger partial charge in [0.15, 0.2) is 0 Å². The van der Waals surface area contributed by atoms with Gasteiger partial charge in [-0.15, -0.1) is 0 Å². The van der Waals surface area contributed by atoms with Crippen molar-refractivity contribution >= 4 is 11.6 Å². The summed E-state index contributed by atoms with van der Waals surface area (Å²) >= 11 is 0. The molecule has 1 saturated heterocycles. The number of anilines is 1. The molecule has 0 radical (unpaired) electrons. The summed E-state index contributed by atoms with van der Waals surface area (Å²) in [5, 5.41) is 20.0. The first kappa shape index (κ1) is 25.2. The number of carbonyl (C=O) groups excluding carboxylic acids is 1. The smallest absolute Gasteiger partial charge is 0.254 e. The van der Waals surface area contributed by atoms with Crippen molar-refractivity contribution in [3.63, 3.8) is 0 Å². The normalized spacial score (nSPS) is 20.7. The molecule has 36 heavy (non-hydrogen) atoms. The summed E-state index contributed by atoms with van der Waals surface area (Å²) in [4.78, 5) is 22.2. The third kappa shape index (κ3) is 5.59. The van der Waals surface area contributed by atoms with Gasteiger partial charge in [0.05, 0.1) is 6.10 Å². The molecule has 3 heterocycles. The number of aliphatic hydroxyl groups excluding tert-OH is 2. The van der Waals surface area contributed by atoms with E-state index in [1.165, 1.54) is 16.8 Å². The Labute approximate surface area is 214 Å².